The zero-order chi connectivity index (χ0) is 13.2. The highest BCUT2D eigenvalue weighted by molar-refractivity contribution is 5.86. The molecule has 1 unspecified atom stereocenters. The molecule has 1 aromatic carbocycles. The molecule has 2 heterocycles. The van der Waals surface area contributed by atoms with Crippen LogP contribution in [-0.4, -0.2) is 5.60 Å². The predicted octanol–water partition coefficient (Wildman–Crippen LogP) is 3.56. The van der Waals surface area contributed by atoms with E-state index in [1.165, 1.54) is 18.4 Å². The summed E-state index contributed by atoms with van der Waals surface area (Å²) in [6.45, 7) is 4.22. The maximum Gasteiger partial charge on any atom is 0.176 e. The first kappa shape index (κ1) is 11.4. The monoisotopic (exact) mass is 257 g/mol. The van der Waals surface area contributed by atoms with Gasteiger partial charge in [0.1, 0.15) is 11.4 Å². The molecule has 2 aliphatic rings. The molecule has 0 saturated heterocycles. The van der Waals surface area contributed by atoms with Crippen LogP contribution in [0.15, 0.2) is 22.6 Å². The first-order chi connectivity index (χ1) is 9.03. The number of rotatable bonds is 2. The Balaban J connectivity index is 1.82. The summed E-state index contributed by atoms with van der Waals surface area (Å²) in [6, 6.07) is 6.38. The highest BCUT2D eigenvalue weighted by Crippen LogP contribution is 2.45. The molecule has 4 rings (SSSR count). The first-order valence-corrected chi connectivity index (χ1v) is 7.03. The summed E-state index contributed by atoms with van der Waals surface area (Å²) in [6.07, 6.45) is 3.38. The molecule has 1 aliphatic carbocycles. The smallest absolute Gasteiger partial charge is 0.176 e. The highest BCUT2D eigenvalue weighted by Gasteiger charge is 2.35. The van der Waals surface area contributed by atoms with E-state index >= 15 is 0 Å². The zero-order valence-electron chi connectivity index (χ0n) is 11.4. The fourth-order valence-electron chi connectivity index (χ4n) is 3.01. The molecule has 1 aromatic heterocycles. The average molecular weight is 257 g/mol. The van der Waals surface area contributed by atoms with Crippen LogP contribution in [-0.2, 0) is 6.42 Å². The minimum Gasteiger partial charge on any atom is -0.483 e. The number of furan rings is 1. The minimum absolute atomic E-state index is 0.0393. The lowest BCUT2D eigenvalue weighted by molar-refractivity contribution is 0.138. The first-order valence-electron chi connectivity index (χ1n) is 7.03. The number of hydrogen-bond acceptors (Lipinski definition) is 3. The Morgan fingerprint density at radius 1 is 1.32 bits per heavy atom. The molecule has 0 radical (unpaired) electrons. The molecule has 3 heteroatoms. The van der Waals surface area contributed by atoms with Crippen molar-refractivity contribution in [1.82, 2.24) is 0 Å². The lowest BCUT2D eigenvalue weighted by Crippen LogP contribution is -2.24. The summed E-state index contributed by atoms with van der Waals surface area (Å²) in [7, 11) is 0. The number of hydrogen-bond donors (Lipinski definition) is 1. The van der Waals surface area contributed by atoms with Crippen molar-refractivity contribution in [2.75, 3.05) is 0 Å². The lowest BCUT2D eigenvalue weighted by Gasteiger charge is -2.16. The van der Waals surface area contributed by atoms with Crippen molar-refractivity contribution in [2.45, 2.75) is 44.8 Å². The van der Waals surface area contributed by atoms with Gasteiger partial charge >= 0.3 is 0 Å². The van der Waals surface area contributed by atoms with Gasteiger partial charge in [-0.25, -0.2) is 0 Å². The highest BCUT2D eigenvalue weighted by atomic mass is 16.5. The average Bonchev–Trinajstić information content (AvgIpc) is 3.01. The summed E-state index contributed by atoms with van der Waals surface area (Å²) < 4.78 is 12.1. The van der Waals surface area contributed by atoms with E-state index in [1.807, 2.05) is 0 Å². The van der Waals surface area contributed by atoms with E-state index in [1.54, 1.807) is 0 Å². The van der Waals surface area contributed by atoms with E-state index < -0.39 is 0 Å². The van der Waals surface area contributed by atoms with Crippen molar-refractivity contribution in [1.29, 1.82) is 0 Å². The number of fused-ring (bicyclic) bond motifs is 3. The Bertz CT molecular complexity index is 652. The second-order valence-electron chi connectivity index (χ2n) is 6.52. The lowest BCUT2D eigenvalue weighted by atomic mass is 10.0. The molecule has 0 bridgehead atoms. The van der Waals surface area contributed by atoms with Gasteiger partial charge in [0.05, 0.1) is 6.04 Å². The van der Waals surface area contributed by atoms with Crippen LogP contribution in [0.25, 0.3) is 11.0 Å². The molecule has 2 N–H and O–H groups in total. The van der Waals surface area contributed by atoms with Crippen LogP contribution in [0.4, 0.5) is 0 Å². The van der Waals surface area contributed by atoms with Crippen LogP contribution in [0.3, 0.4) is 0 Å². The second kappa shape index (κ2) is 3.54. The Kier molecular flexibility index (Phi) is 2.12. The van der Waals surface area contributed by atoms with Crippen LogP contribution >= 0.6 is 0 Å². The molecule has 1 fully saturated rings. The van der Waals surface area contributed by atoms with Crippen molar-refractivity contribution < 1.29 is 9.15 Å². The van der Waals surface area contributed by atoms with Gasteiger partial charge in [-0.15, -0.1) is 0 Å². The van der Waals surface area contributed by atoms with E-state index in [4.69, 9.17) is 14.9 Å². The van der Waals surface area contributed by atoms with E-state index in [-0.39, 0.29) is 11.6 Å². The van der Waals surface area contributed by atoms with Gasteiger partial charge < -0.3 is 14.9 Å². The molecule has 19 heavy (non-hydrogen) atoms. The summed E-state index contributed by atoms with van der Waals surface area (Å²) in [4.78, 5) is 0. The van der Waals surface area contributed by atoms with Crippen LogP contribution in [0.1, 0.15) is 44.1 Å². The quantitative estimate of drug-likeness (QED) is 0.895. The third-order valence-corrected chi connectivity index (χ3v) is 4.19. The predicted molar refractivity (Wildman–Crippen MR) is 74.3 cm³/mol. The minimum atomic E-state index is -0.137. The normalized spacial score (nSPS) is 22.3. The van der Waals surface area contributed by atoms with Gasteiger partial charge in [-0.05, 0) is 38.7 Å². The molecule has 100 valence electrons. The molecular weight excluding hydrogens is 238 g/mol. The van der Waals surface area contributed by atoms with Gasteiger partial charge in [0.2, 0.25) is 0 Å². The van der Waals surface area contributed by atoms with E-state index in [0.717, 1.165) is 28.9 Å². The second-order valence-corrected chi connectivity index (χ2v) is 6.52. The zero-order valence-corrected chi connectivity index (χ0v) is 11.4. The molecule has 0 amide bonds. The molecule has 2 aromatic rings. The molecular formula is C16H19NO2. The van der Waals surface area contributed by atoms with Crippen molar-refractivity contribution >= 4 is 11.0 Å². The van der Waals surface area contributed by atoms with E-state index in [9.17, 15) is 0 Å². The van der Waals surface area contributed by atoms with Crippen LogP contribution in [0.5, 0.6) is 5.75 Å². The van der Waals surface area contributed by atoms with Crippen molar-refractivity contribution in [3.63, 3.8) is 0 Å². The molecule has 3 nitrogen and oxygen atoms in total. The third kappa shape index (κ3) is 1.76. The number of ether oxygens (including phenoxy) is 1. The third-order valence-electron chi connectivity index (χ3n) is 4.19. The Labute approximate surface area is 112 Å². The van der Waals surface area contributed by atoms with Crippen molar-refractivity contribution in [3.05, 3.63) is 29.5 Å². The van der Waals surface area contributed by atoms with Crippen molar-refractivity contribution in [3.8, 4) is 5.75 Å². The molecule has 1 aliphatic heterocycles. The summed E-state index contributed by atoms with van der Waals surface area (Å²) in [5.41, 5.74) is 8.20. The number of benzene rings is 1. The van der Waals surface area contributed by atoms with Gasteiger partial charge in [-0.1, -0.05) is 12.1 Å². The summed E-state index contributed by atoms with van der Waals surface area (Å²) in [5.74, 6) is 2.42. The summed E-state index contributed by atoms with van der Waals surface area (Å²) in [5, 5.41) is 1.10. The van der Waals surface area contributed by atoms with Gasteiger partial charge in [0, 0.05) is 17.4 Å². The van der Waals surface area contributed by atoms with Crippen LogP contribution in [0, 0.1) is 5.92 Å². The summed E-state index contributed by atoms with van der Waals surface area (Å²) >= 11 is 0. The van der Waals surface area contributed by atoms with Gasteiger partial charge in [0.15, 0.2) is 11.3 Å². The fraction of sp³-hybridized carbons (Fsp3) is 0.500. The van der Waals surface area contributed by atoms with Gasteiger partial charge in [-0.2, -0.15) is 0 Å². The maximum atomic E-state index is 6.23. The molecule has 1 saturated carbocycles. The van der Waals surface area contributed by atoms with Crippen molar-refractivity contribution in [2.24, 2.45) is 11.7 Å². The standard InChI is InChI=1S/C16H19NO2/c1-16(2)8-11-6-5-10-7-12(13(17)9-3-4-9)18-14(10)15(11)19-16/h5-7,9,13H,3-4,8,17H2,1-2H3. The van der Waals surface area contributed by atoms with Crippen LogP contribution < -0.4 is 10.5 Å². The maximum absolute atomic E-state index is 6.23. The SMILES string of the molecule is CC1(C)Cc2ccc3cc(C(N)C4CC4)oc3c2O1. The van der Waals surface area contributed by atoms with Gasteiger partial charge in [-0.3, -0.25) is 0 Å². The van der Waals surface area contributed by atoms with Gasteiger partial charge in [0.25, 0.3) is 0 Å². The number of nitrogens with two attached hydrogens (primary N) is 1. The Morgan fingerprint density at radius 3 is 2.84 bits per heavy atom. The largest absolute Gasteiger partial charge is 0.483 e. The molecule has 1 atom stereocenters. The van der Waals surface area contributed by atoms with E-state index in [2.05, 4.69) is 32.0 Å². The van der Waals surface area contributed by atoms with E-state index in [0.29, 0.717) is 5.92 Å². The fourth-order valence-corrected chi connectivity index (χ4v) is 3.01. The Morgan fingerprint density at radius 2 is 2.11 bits per heavy atom. The topological polar surface area (TPSA) is 48.4 Å². The van der Waals surface area contributed by atoms with Crippen LogP contribution in [0.2, 0.25) is 0 Å². The molecule has 0 spiro atoms. The Hall–Kier alpha value is -1.48.